The van der Waals surface area contributed by atoms with Crippen LogP contribution in [0.3, 0.4) is 0 Å². The molecule has 0 aliphatic rings. The molecule has 1 unspecified atom stereocenters. The third-order valence-corrected chi connectivity index (χ3v) is 3.28. The SMILES string of the molecule is COc1ccc2cc(C(C)C(=O)OCC(N)=O)ccc2c1. The van der Waals surface area contributed by atoms with Crippen molar-refractivity contribution in [3.8, 4) is 5.75 Å². The van der Waals surface area contributed by atoms with E-state index < -0.39 is 24.4 Å². The van der Waals surface area contributed by atoms with Crippen LogP contribution in [0.25, 0.3) is 10.8 Å². The Labute approximate surface area is 122 Å². The highest BCUT2D eigenvalue weighted by Crippen LogP contribution is 2.25. The first-order valence-electron chi connectivity index (χ1n) is 6.54. The van der Waals surface area contributed by atoms with Gasteiger partial charge in [-0.3, -0.25) is 9.59 Å². The van der Waals surface area contributed by atoms with Crippen LogP contribution in [0.15, 0.2) is 36.4 Å². The number of fused-ring (bicyclic) bond motifs is 1. The minimum Gasteiger partial charge on any atom is -0.497 e. The molecule has 21 heavy (non-hydrogen) atoms. The van der Waals surface area contributed by atoms with Crippen LogP contribution in [0.2, 0.25) is 0 Å². The molecule has 0 spiro atoms. The van der Waals surface area contributed by atoms with E-state index in [1.807, 2.05) is 36.4 Å². The Kier molecular flexibility index (Phi) is 4.42. The van der Waals surface area contributed by atoms with Gasteiger partial charge in [0.2, 0.25) is 0 Å². The van der Waals surface area contributed by atoms with E-state index in [1.54, 1.807) is 14.0 Å². The predicted octanol–water partition coefficient (Wildman–Crippen LogP) is 1.98. The standard InChI is InChI=1S/C16H17NO4/c1-10(16(19)21-9-15(17)18)11-3-4-13-8-14(20-2)6-5-12(13)7-11/h3-8,10H,9H2,1-2H3,(H2,17,18). The number of methoxy groups -OCH3 is 1. The average molecular weight is 287 g/mol. The lowest BCUT2D eigenvalue weighted by Crippen LogP contribution is -2.23. The zero-order chi connectivity index (χ0) is 15.4. The van der Waals surface area contributed by atoms with Crippen LogP contribution >= 0.6 is 0 Å². The normalized spacial score (nSPS) is 11.9. The summed E-state index contributed by atoms with van der Waals surface area (Å²) in [5.74, 6) is -0.817. The summed E-state index contributed by atoms with van der Waals surface area (Å²) in [4.78, 5) is 22.5. The number of carbonyl (C=O) groups excluding carboxylic acids is 2. The average Bonchev–Trinajstić information content (AvgIpc) is 2.50. The molecule has 2 aromatic carbocycles. The fourth-order valence-electron chi connectivity index (χ4n) is 2.04. The molecule has 0 bridgehead atoms. The monoisotopic (exact) mass is 287 g/mol. The maximum Gasteiger partial charge on any atom is 0.313 e. The third kappa shape index (κ3) is 3.51. The Morgan fingerprint density at radius 2 is 1.81 bits per heavy atom. The van der Waals surface area contributed by atoms with Gasteiger partial charge in [-0.25, -0.2) is 0 Å². The number of amides is 1. The van der Waals surface area contributed by atoms with Gasteiger partial charge in [0, 0.05) is 0 Å². The highest BCUT2D eigenvalue weighted by atomic mass is 16.5. The third-order valence-electron chi connectivity index (χ3n) is 3.28. The quantitative estimate of drug-likeness (QED) is 0.853. The van der Waals surface area contributed by atoms with Crippen molar-refractivity contribution in [2.75, 3.05) is 13.7 Å². The van der Waals surface area contributed by atoms with E-state index in [-0.39, 0.29) is 0 Å². The largest absolute Gasteiger partial charge is 0.497 e. The molecule has 0 saturated heterocycles. The molecule has 0 heterocycles. The Hall–Kier alpha value is -2.56. The summed E-state index contributed by atoms with van der Waals surface area (Å²) < 4.78 is 10.0. The number of carbonyl (C=O) groups is 2. The molecule has 2 rings (SSSR count). The van der Waals surface area contributed by atoms with Gasteiger partial charge in [-0.2, -0.15) is 0 Å². The van der Waals surface area contributed by atoms with Crippen LogP contribution in [0.4, 0.5) is 0 Å². The molecule has 0 aliphatic carbocycles. The minimum atomic E-state index is -0.666. The lowest BCUT2D eigenvalue weighted by atomic mass is 9.98. The minimum absolute atomic E-state index is 0.395. The van der Waals surface area contributed by atoms with Gasteiger partial charge in [0.25, 0.3) is 5.91 Å². The highest BCUT2D eigenvalue weighted by Gasteiger charge is 2.17. The summed E-state index contributed by atoms with van der Waals surface area (Å²) in [5, 5.41) is 2.03. The van der Waals surface area contributed by atoms with E-state index in [2.05, 4.69) is 0 Å². The van der Waals surface area contributed by atoms with Crippen molar-refractivity contribution in [1.82, 2.24) is 0 Å². The van der Waals surface area contributed by atoms with Crippen LogP contribution in [0, 0.1) is 0 Å². The van der Waals surface area contributed by atoms with Gasteiger partial charge in [-0.15, -0.1) is 0 Å². The fourth-order valence-corrected chi connectivity index (χ4v) is 2.04. The molecule has 0 aliphatic heterocycles. The molecule has 0 radical (unpaired) electrons. The maximum absolute atomic E-state index is 11.8. The molecular formula is C16H17NO4. The molecular weight excluding hydrogens is 270 g/mol. The summed E-state index contributed by atoms with van der Waals surface area (Å²) >= 11 is 0. The van der Waals surface area contributed by atoms with Crippen molar-refractivity contribution < 1.29 is 19.1 Å². The van der Waals surface area contributed by atoms with Gasteiger partial charge in [-0.05, 0) is 35.4 Å². The second kappa shape index (κ2) is 6.26. The maximum atomic E-state index is 11.8. The van der Waals surface area contributed by atoms with E-state index in [0.717, 1.165) is 22.1 Å². The topological polar surface area (TPSA) is 78.6 Å². The first-order chi connectivity index (χ1) is 10.0. The lowest BCUT2D eigenvalue weighted by Gasteiger charge is -2.12. The number of hydrogen-bond acceptors (Lipinski definition) is 4. The molecule has 0 saturated carbocycles. The number of rotatable bonds is 5. The highest BCUT2D eigenvalue weighted by molar-refractivity contribution is 5.87. The summed E-state index contributed by atoms with van der Waals surface area (Å²) in [5.41, 5.74) is 5.77. The first-order valence-corrected chi connectivity index (χ1v) is 6.54. The van der Waals surface area contributed by atoms with Crippen molar-refractivity contribution in [2.45, 2.75) is 12.8 Å². The molecule has 1 atom stereocenters. The Morgan fingerprint density at radius 3 is 2.48 bits per heavy atom. The zero-order valence-electron chi connectivity index (χ0n) is 12.0. The summed E-state index contributed by atoms with van der Waals surface area (Å²) in [6.07, 6.45) is 0. The molecule has 110 valence electrons. The lowest BCUT2D eigenvalue weighted by molar-refractivity contribution is -0.148. The van der Waals surface area contributed by atoms with E-state index in [0.29, 0.717) is 0 Å². The molecule has 2 aromatic rings. The molecule has 1 amide bonds. The van der Waals surface area contributed by atoms with Crippen LogP contribution in [0.1, 0.15) is 18.4 Å². The molecule has 5 nitrogen and oxygen atoms in total. The molecule has 0 aromatic heterocycles. The van der Waals surface area contributed by atoms with Crippen molar-refractivity contribution in [3.05, 3.63) is 42.0 Å². The van der Waals surface area contributed by atoms with Crippen LogP contribution < -0.4 is 10.5 Å². The number of hydrogen-bond donors (Lipinski definition) is 1. The second-order valence-electron chi connectivity index (χ2n) is 4.77. The van der Waals surface area contributed by atoms with Crippen molar-refractivity contribution >= 4 is 22.6 Å². The van der Waals surface area contributed by atoms with Crippen molar-refractivity contribution in [3.63, 3.8) is 0 Å². The van der Waals surface area contributed by atoms with E-state index in [1.165, 1.54) is 0 Å². The Morgan fingerprint density at radius 1 is 1.14 bits per heavy atom. The fraction of sp³-hybridized carbons (Fsp3) is 0.250. The van der Waals surface area contributed by atoms with Crippen LogP contribution in [0.5, 0.6) is 5.75 Å². The smallest absolute Gasteiger partial charge is 0.313 e. The van der Waals surface area contributed by atoms with Gasteiger partial charge < -0.3 is 15.2 Å². The van der Waals surface area contributed by atoms with E-state index in [4.69, 9.17) is 15.2 Å². The number of nitrogens with two attached hydrogens (primary N) is 1. The van der Waals surface area contributed by atoms with Gasteiger partial charge in [-0.1, -0.05) is 24.3 Å². The van der Waals surface area contributed by atoms with Crippen LogP contribution in [-0.2, 0) is 14.3 Å². The molecule has 0 fully saturated rings. The molecule has 5 heteroatoms. The van der Waals surface area contributed by atoms with Gasteiger partial charge in [0.15, 0.2) is 6.61 Å². The number of benzene rings is 2. The summed E-state index contributed by atoms with van der Waals surface area (Å²) in [6.45, 7) is 1.34. The number of primary amides is 1. The second-order valence-corrected chi connectivity index (χ2v) is 4.77. The predicted molar refractivity (Wildman–Crippen MR) is 79.1 cm³/mol. The number of esters is 1. The number of ether oxygens (including phenoxy) is 2. The zero-order valence-corrected chi connectivity index (χ0v) is 12.0. The summed E-state index contributed by atoms with van der Waals surface area (Å²) in [6, 6.07) is 11.4. The van der Waals surface area contributed by atoms with Crippen molar-refractivity contribution in [2.24, 2.45) is 5.73 Å². The summed E-state index contributed by atoms with van der Waals surface area (Å²) in [7, 11) is 1.62. The first kappa shape index (κ1) is 14.8. The van der Waals surface area contributed by atoms with Crippen molar-refractivity contribution in [1.29, 1.82) is 0 Å². The Bertz CT molecular complexity index is 681. The van der Waals surface area contributed by atoms with E-state index >= 15 is 0 Å². The molecule has 2 N–H and O–H groups in total. The van der Waals surface area contributed by atoms with Gasteiger partial charge in [0.05, 0.1) is 13.0 Å². The van der Waals surface area contributed by atoms with Gasteiger partial charge in [0.1, 0.15) is 5.75 Å². The van der Waals surface area contributed by atoms with E-state index in [9.17, 15) is 9.59 Å². The van der Waals surface area contributed by atoms with Gasteiger partial charge >= 0.3 is 5.97 Å². The van der Waals surface area contributed by atoms with Crippen LogP contribution in [-0.4, -0.2) is 25.6 Å². The Balaban J connectivity index is 2.21.